The van der Waals surface area contributed by atoms with Crippen LogP contribution >= 0.6 is 0 Å². The summed E-state index contributed by atoms with van der Waals surface area (Å²) in [5.74, 6) is 0.691. The third-order valence-electron chi connectivity index (χ3n) is 4.36. The second-order valence-corrected chi connectivity index (χ2v) is 6.36. The molecule has 128 valence electrons. The van der Waals surface area contributed by atoms with Crippen LogP contribution in [-0.2, 0) is 0 Å². The molecule has 0 radical (unpaired) electrons. The molecule has 0 unspecified atom stereocenters. The Morgan fingerprint density at radius 2 is 0.923 bits per heavy atom. The molecule has 0 bridgehead atoms. The molecule has 4 rings (SSSR count). The summed E-state index contributed by atoms with van der Waals surface area (Å²) in [5, 5.41) is 0.431. The Balaban J connectivity index is 1.91. The molecule has 2 aromatic heterocycles. The summed E-state index contributed by atoms with van der Waals surface area (Å²) in [4.78, 5) is 25.0. The second-order valence-electron chi connectivity index (χ2n) is 6.36. The lowest BCUT2D eigenvalue weighted by Gasteiger charge is -2.05. The number of aryl methyl sites for hydroxylation is 2. The maximum atomic E-state index is 12.5. The highest BCUT2D eigenvalue weighted by molar-refractivity contribution is 5.85. The quantitative estimate of drug-likeness (QED) is 0.529. The van der Waals surface area contributed by atoms with Gasteiger partial charge in [0.2, 0.25) is 0 Å². The van der Waals surface area contributed by atoms with Crippen molar-refractivity contribution in [1.82, 2.24) is 0 Å². The molecule has 0 fully saturated rings. The van der Waals surface area contributed by atoms with Crippen molar-refractivity contribution >= 4 is 10.8 Å². The molecule has 0 N–H and O–H groups in total. The molecule has 0 saturated carbocycles. The largest absolute Gasteiger partial charge is 0.422 e. The van der Waals surface area contributed by atoms with Crippen LogP contribution in [0.2, 0.25) is 0 Å². The van der Waals surface area contributed by atoms with Gasteiger partial charge >= 0.3 is 11.3 Å². The fourth-order valence-electron chi connectivity index (χ4n) is 2.84. The molecule has 0 saturated heterocycles. The van der Waals surface area contributed by atoms with Gasteiger partial charge < -0.3 is 8.83 Å². The van der Waals surface area contributed by atoms with E-state index in [1.165, 1.54) is 0 Å². The van der Waals surface area contributed by atoms with Crippen LogP contribution < -0.4 is 11.3 Å². The number of hydrogen-bond acceptors (Lipinski definition) is 4. The van der Waals surface area contributed by atoms with Crippen molar-refractivity contribution in [2.45, 2.75) is 13.8 Å². The minimum atomic E-state index is -0.556. The van der Waals surface area contributed by atoms with Crippen molar-refractivity contribution in [3.8, 4) is 22.6 Å². The monoisotopic (exact) mass is 344 g/mol. The molecule has 4 aromatic rings. The molecule has 26 heavy (non-hydrogen) atoms. The molecule has 0 aliphatic rings. The first kappa shape index (κ1) is 16.1. The van der Waals surface area contributed by atoms with E-state index in [9.17, 15) is 9.59 Å². The molecule has 2 heterocycles. The summed E-state index contributed by atoms with van der Waals surface area (Å²) >= 11 is 0. The van der Waals surface area contributed by atoms with Gasteiger partial charge in [0.1, 0.15) is 11.5 Å². The minimum absolute atomic E-state index is 0.215. The molecule has 0 aliphatic heterocycles. The van der Waals surface area contributed by atoms with E-state index in [0.717, 1.165) is 22.3 Å². The van der Waals surface area contributed by atoms with Gasteiger partial charge in [-0.2, -0.15) is 0 Å². The molecule has 4 nitrogen and oxygen atoms in total. The SMILES string of the molecule is Cc1ccc(-c2cc3c(=O)oc(-c4ccc(C)cc4)cc3c(=O)o2)cc1. The zero-order valence-electron chi connectivity index (χ0n) is 14.4. The molecular formula is C22H16O4. The van der Waals surface area contributed by atoms with Crippen LogP contribution in [-0.4, -0.2) is 0 Å². The van der Waals surface area contributed by atoms with Gasteiger partial charge in [-0.15, -0.1) is 0 Å². The van der Waals surface area contributed by atoms with Crippen LogP contribution in [0.15, 0.2) is 79.1 Å². The van der Waals surface area contributed by atoms with Crippen molar-refractivity contribution in [3.05, 3.63) is 92.6 Å². The van der Waals surface area contributed by atoms with E-state index in [-0.39, 0.29) is 10.8 Å². The summed E-state index contributed by atoms with van der Waals surface area (Å²) in [6.45, 7) is 3.95. The molecule has 0 atom stereocenters. The first-order chi connectivity index (χ1) is 12.5. The minimum Gasteiger partial charge on any atom is -0.422 e. The van der Waals surface area contributed by atoms with Crippen LogP contribution in [0.4, 0.5) is 0 Å². The molecular weight excluding hydrogens is 328 g/mol. The third-order valence-corrected chi connectivity index (χ3v) is 4.36. The average Bonchev–Trinajstić information content (AvgIpc) is 2.63. The number of benzene rings is 2. The fraction of sp³-hybridized carbons (Fsp3) is 0.0909. The Kier molecular flexibility index (Phi) is 3.81. The maximum Gasteiger partial charge on any atom is 0.344 e. The lowest BCUT2D eigenvalue weighted by atomic mass is 10.1. The molecule has 4 heteroatoms. The highest BCUT2D eigenvalue weighted by atomic mass is 16.4. The summed E-state index contributed by atoms with van der Waals surface area (Å²) in [6, 6.07) is 18.2. The zero-order valence-corrected chi connectivity index (χ0v) is 14.4. The smallest absolute Gasteiger partial charge is 0.344 e. The van der Waals surface area contributed by atoms with Crippen molar-refractivity contribution < 1.29 is 8.83 Å². The molecule has 2 aromatic carbocycles. The first-order valence-corrected chi connectivity index (χ1v) is 8.27. The lowest BCUT2D eigenvalue weighted by molar-refractivity contribution is 0.520. The Hall–Kier alpha value is -3.40. The lowest BCUT2D eigenvalue weighted by Crippen LogP contribution is -2.08. The highest BCUT2D eigenvalue weighted by Gasteiger charge is 2.13. The first-order valence-electron chi connectivity index (χ1n) is 8.27. The van der Waals surface area contributed by atoms with Crippen molar-refractivity contribution in [1.29, 1.82) is 0 Å². The van der Waals surface area contributed by atoms with Gasteiger partial charge in [0.15, 0.2) is 0 Å². The number of hydrogen-bond donors (Lipinski definition) is 0. The summed E-state index contributed by atoms with van der Waals surface area (Å²) < 4.78 is 10.9. The van der Waals surface area contributed by atoms with Crippen LogP contribution in [0.3, 0.4) is 0 Å². The summed E-state index contributed by atoms with van der Waals surface area (Å²) in [6.07, 6.45) is 0. The van der Waals surface area contributed by atoms with Crippen LogP contribution in [0.5, 0.6) is 0 Å². The molecule has 0 spiro atoms. The average molecular weight is 344 g/mol. The fourth-order valence-corrected chi connectivity index (χ4v) is 2.84. The van der Waals surface area contributed by atoms with Gasteiger partial charge in [-0.25, -0.2) is 9.59 Å². The maximum absolute atomic E-state index is 12.5. The Labute approximate surface area is 149 Å². The molecule has 0 aliphatic carbocycles. The van der Waals surface area contributed by atoms with E-state index >= 15 is 0 Å². The van der Waals surface area contributed by atoms with Crippen molar-refractivity contribution in [3.63, 3.8) is 0 Å². The van der Waals surface area contributed by atoms with E-state index in [0.29, 0.717) is 11.5 Å². The van der Waals surface area contributed by atoms with Crippen molar-refractivity contribution in [2.24, 2.45) is 0 Å². The van der Waals surface area contributed by atoms with E-state index in [1.807, 2.05) is 62.4 Å². The highest BCUT2D eigenvalue weighted by Crippen LogP contribution is 2.24. The Bertz CT molecular complexity index is 1110. The van der Waals surface area contributed by atoms with E-state index in [1.54, 1.807) is 12.1 Å². The molecule has 0 amide bonds. The van der Waals surface area contributed by atoms with E-state index in [4.69, 9.17) is 8.83 Å². The van der Waals surface area contributed by atoms with Crippen LogP contribution in [0.25, 0.3) is 33.4 Å². The Morgan fingerprint density at radius 3 is 1.27 bits per heavy atom. The van der Waals surface area contributed by atoms with Crippen LogP contribution in [0, 0.1) is 13.8 Å². The van der Waals surface area contributed by atoms with E-state index in [2.05, 4.69) is 0 Å². The standard InChI is InChI=1S/C22H16O4/c1-13-3-7-15(8-4-13)19-11-17-18(21(23)25-19)12-20(26-22(17)24)16-9-5-14(2)6-10-16/h3-12H,1-2H3. The zero-order chi connectivity index (χ0) is 18.3. The van der Waals surface area contributed by atoms with Gasteiger partial charge in [-0.1, -0.05) is 59.7 Å². The topological polar surface area (TPSA) is 60.4 Å². The Morgan fingerprint density at radius 1 is 0.577 bits per heavy atom. The number of rotatable bonds is 2. The van der Waals surface area contributed by atoms with Gasteiger partial charge in [0.05, 0.1) is 10.8 Å². The second kappa shape index (κ2) is 6.15. The van der Waals surface area contributed by atoms with Gasteiger partial charge in [0, 0.05) is 11.1 Å². The van der Waals surface area contributed by atoms with Crippen molar-refractivity contribution in [2.75, 3.05) is 0 Å². The van der Waals surface area contributed by atoms with Gasteiger partial charge in [-0.3, -0.25) is 0 Å². The van der Waals surface area contributed by atoms with Crippen LogP contribution in [0.1, 0.15) is 11.1 Å². The summed E-state index contributed by atoms with van der Waals surface area (Å²) in [5.41, 5.74) is 2.55. The normalized spacial score (nSPS) is 11.0. The third kappa shape index (κ3) is 2.86. The van der Waals surface area contributed by atoms with Gasteiger partial charge in [0.25, 0.3) is 0 Å². The summed E-state index contributed by atoms with van der Waals surface area (Å²) in [7, 11) is 0. The predicted octanol–water partition coefficient (Wildman–Crippen LogP) is 4.70. The number of fused-ring (bicyclic) bond motifs is 1. The predicted molar refractivity (Wildman–Crippen MR) is 101 cm³/mol. The van der Waals surface area contributed by atoms with E-state index < -0.39 is 11.3 Å². The van der Waals surface area contributed by atoms with Gasteiger partial charge in [-0.05, 0) is 26.0 Å².